The molecule has 5 rings (SSSR count). The van der Waals surface area contributed by atoms with Crippen LogP contribution in [-0.2, 0) is 25.6 Å². The van der Waals surface area contributed by atoms with Crippen molar-refractivity contribution in [1.29, 1.82) is 0 Å². The van der Waals surface area contributed by atoms with Crippen LogP contribution in [-0.4, -0.2) is 66.2 Å². The molecule has 0 saturated heterocycles. The molecule has 4 atom stereocenters. The lowest BCUT2D eigenvalue weighted by Crippen LogP contribution is -2.31. The number of ether oxygens (including phenoxy) is 1. The van der Waals surface area contributed by atoms with Crippen molar-refractivity contribution in [1.82, 2.24) is 19.7 Å². The average molecular weight is 601 g/mol. The van der Waals surface area contributed by atoms with E-state index in [2.05, 4.69) is 25.0 Å². The normalized spacial score (nSPS) is 23.3. The molecule has 0 amide bonds. The van der Waals surface area contributed by atoms with Gasteiger partial charge in [-0.3, -0.25) is 8.98 Å². The van der Waals surface area contributed by atoms with E-state index in [1.54, 1.807) is 18.3 Å². The summed E-state index contributed by atoms with van der Waals surface area (Å²) in [5.74, 6) is -0.0957. The zero-order valence-corrected chi connectivity index (χ0v) is 23.1. The highest BCUT2D eigenvalue weighted by Crippen LogP contribution is 2.41. The highest BCUT2D eigenvalue weighted by Gasteiger charge is 2.37. The van der Waals surface area contributed by atoms with E-state index in [4.69, 9.17) is 32.1 Å². The molecule has 3 aromatic heterocycles. The predicted molar refractivity (Wildman–Crippen MR) is 141 cm³/mol. The van der Waals surface area contributed by atoms with Crippen molar-refractivity contribution in [2.24, 2.45) is 0 Å². The van der Waals surface area contributed by atoms with Crippen LogP contribution in [0.5, 0.6) is 0 Å². The number of nitrogens with one attached hydrogen (secondary N) is 2. The third-order valence-corrected chi connectivity index (χ3v) is 9.01. The minimum atomic E-state index is -3.97. The Balaban J connectivity index is 1.37. The standard InChI is InChI=1S/C23H23Cl2N5O6S2/c1-26-38(33,34)36-17-5-12(4-16(17)31)30-23-15(9-27-10-29-23)20(32)18-6-14(22(25)37-18)21-13-7-19(24)28-8-11(13)2-3-35-21/h6-10,12,16-17,21,26,31H,2-5H2,1H3,(H,27,29,30)/t12-,16+,17-,21+/m1/s1. The van der Waals surface area contributed by atoms with Gasteiger partial charge in [-0.05, 0) is 42.5 Å². The van der Waals surface area contributed by atoms with Gasteiger partial charge >= 0.3 is 10.3 Å². The van der Waals surface area contributed by atoms with Gasteiger partial charge in [0.15, 0.2) is 0 Å². The minimum absolute atomic E-state index is 0.185. The Morgan fingerprint density at radius 2 is 2.03 bits per heavy atom. The first-order valence-electron chi connectivity index (χ1n) is 11.6. The van der Waals surface area contributed by atoms with Crippen LogP contribution in [0.1, 0.15) is 50.9 Å². The second-order valence-corrected chi connectivity index (χ2v) is 12.4. The average Bonchev–Trinajstić information content (AvgIpc) is 3.44. The van der Waals surface area contributed by atoms with Gasteiger partial charge in [0.1, 0.15) is 29.5 Å². The molecule has 0 radical (unpaired) electrons. The molecule has 38 heavy (non-hydrogen) atoms. The quantitative estimate of drug-likeness (QED) is 0.260. The van der Waals surface area contributed by atoms with Crippen LogP contribution in [0.4, 0.5) is 5.82 Å². The third kappa shape index (κ3) is 5.70. The molecule has 202 valence electrons. The number of aromatic nitrogens is 3. The molecule has 1 aliphatic carbocycles. The van der Waals surface area contributed by atoms with E-state index in [0.29, 0.717) is 33.0 Å². The van der Waals surface area contributed by atoms with Crippen LogP contribution in [0.2, 0.25) is 9.49 Å². The van der Waals surface area contributed by atoms with Crippen molar-refractivity contribution < 1.29 is 27.2 Å². The van der Waals surface area contributed by atoms with E-state index in [9.17, 15) is 18.3 Å². The summed E-state index contributed by atoms with van der Waals surface area (Å²) in [6.07, 6.45) is 3.06. The number of ketones is 1. The van der Waals surface area contributed by atoms with Crippen molar-refractivity contribution in [3.05, 3.63) is 67.5 Å². The fourth-order valence-corrected chi connectivity index (χ4v) is 6.64. The number of aliphatic hydroxyl groups is 1. The van der Waals surface area contributed by atoms with Crippen LogP contribution >= 0.6 is 34.5 Å². The van der Waals surface area contributed by atoms with Gasteiger partial charge in [-0.1, -0.05) is 23.2 Å². The van der Waals surface area contributed by atoms with E-state index >= 15 is 0 Å². The summed E-state index contributed by atoms with van der Waals surface area (Å²) < 4.78 is 37.0. The summed E-state index contributed by atoms with van der Waals surface area (Å²) in [7, 11) is -2.75. The second kappa shape index (κ2) is 11.1. The third-order valence-electron chi connectivity index (χ3n) is 6.42. The topological polar surface area (TPSA) is 153 Å². The summed E-state index contributed by atoms with van der Waals surface area (Å²) in [6, 6.07) is 3.06. The molecule has 3 N–H and O–H groups in total. The van der Waals surface area contributed by atoms with E-state index in [1.807, 2.05) is 0 Å². The smallest absolute Gasteiger partial charge is 0.335 e. The molecule has 1 aliphatic heterocycles. The molecule has 0 bridgehead atoms. The first-order valence-corrected chi connectivity index (χ1v) is 14.6. The van der Waals surface area contributed by atoms with Crippen molar-refractivity contribution in [3.63, 3.8) is 0 Å². The number of aliphatic hydroxyl groups excluding tert-OH is 1. The Bertz CT molecular complexity index is 1470. The number of anilines is 1. The molecule has 3 aromatic rings. The first-order chi connectivity index (χ1) is 18.1. The van der Waals surface area contributed by atoms with Gasteiger partial charge in [-0.15, -0.1) is 11.3 Å². The molecule has 0 aromatic carbocycles. The molecule has 0 spiro atoms. The zero-order chi connectivity index (χ0) is 27.0. The Morgan fingerprint density at radius 1 is 1.21 bits per heavy atom. The van der Waals surface area contributed by atoms with Crippen molar-refractivity contribution >= 4 is 56.4 Å². The van der Waals surface area contributed by atoms with Gasteiger partial charge in [0, 0.05) is 31.0 Å². The number of halogens is 2. The SMILES string of the molecule is CNS(=O)(=O)O[C@@H]1C[C@H](Nc2ncncc2C(=O)c2cc([C@H]3OCCc4cnc(Cl)cc43)c(Cl)s2)C[C@@H]1O. The highest BCUT2D eigenvalue weighted by molar-refractivity contribution is 7.84. The van der Waals surface area contributed by atoms with Gasteiger partial charge in [-0.2, -0.15) is 13.1 Å². The van der Waals surface area contributed by atoms with Crippen molar-refractivity contribution in [3.8, 4) is 0 Å². The number of thiophene rings is 1. The Morgan fingerprint density at radius 3 is 2.82 bits per heavy atom. The summed E-state index contributed by atoms with van der Waals surface area (Å²) >= 11 is 13.8. The monoisotopic (exact) mass is 599 g/mol. The molecule has 1 saturated carbocycles. The zero-order valence-electron chi connectivity index (χ0n) is 19.9. The lowest BCUT2D eigenvalue weighted by molar-refractivity contribution is 0.0636. The second-order valence-electron chi connectivity index (χ2n) is 8.83. The minimum Gasteiger partial charge on any atom is -0.390 e. The fraction of sp³-hybridized carbons (Fsp3) is 0.391. The summed E-state index contributed by atoms with van der Waals surface area (Å²) in [4.78, 5) is 26.3. The lowest BCUT2D eigenvalue weighted by Gasteiger charge is -2.25. The number of hydrogen-bond acceptors (Lipinski definition) is 11. The molecule has 15 heteroatoms. The van der Waals surface area contributed by atoms with Gasteiger partial charge in [-0.25, -0.2) is 15.0 Å². The van der Waals surface area contributed by atoms with Crippen molar-refractivity contribution in [2.45, 2.75) is 43.6 Å². The van der Waals surface area contributed by atoms with Crippen LogP contribution in [0.25, 0.3) is 0 Å². The van der Waals surface area contributed by atoms with Crippen molar-refractivity contribution in [2.75, 3.05) is 19.0 Å². The van der Waals surface area contributed by atoms with E-state index < -0.39 is 34.7 Å². The fourth-order valence-electron chi connectivity index (χ4n) is 4.58. The van der Waals surface area contributed by atoms with Gasteiger partial charge in [0.2, 0.25) is 5.78 Å². The number of pyridine rings is 1. The summed E-state index contributed by atoms with van der Waals surface area (Å²) in [6.45, 7) is 0.477. The first kappa shape index (κ1) is 27.3. The van der Waals surface area contributed by atoms with Crippen LogP contribution in [0.3, 0.4) is 0 Å². The van der Waals surface area contributed by atoms with Gasteiger partial charge in [0.25, 0.3) is 0 Å². The predicted octanol–water partition coefficient (Wildman–Crippen LogP) is 2.92. The number of carbonyl (C=O) groups is 1. The Labute approximate surface area is 232 Å². The van der Waals surface area contributed by atoms with Crippen LogP contribution < -0.4 is 10.0 Å². The van der Waals surface area contributed by atoms with Crippen LogP contribution in [0, 0.1) is 0 Å². The Hall–Kier alpha value is -2.23. The molecule has 0 unspecified atom stereocenters. The maximum Gasteiger partial charge on any atom is 0.335 e. The van der Waals surface area contributed by atoms with Gasteiger partial charge in [0.05, 0.1) is 27.5 Å². The molecular formula is C23H23Cl2N5O6S2. The highest BCUT2D eigenvalue weighted by atomic mass is 35.5. The molecule has 1 fully saturated rings. The largest absolute Gasteiger partial charge is 0.390 e. The van der Waals surface area contributed by atoms with Gasteiger partial charge < -0.3 is 15.2 Å². The van der Waals surface area contributed by atoms with E-state index in [-0.39, 0.29) is 30.0 Å². The maximum absolute atomic E-state index is 13.5. The summed E-state index contributed by atoms with van der Waals surface area (Å²) in [5, 5.41) is 13.8. The van der Waals surface area contributed by atoms with E-state index in [0.717, 1.165) is 22.5 Å². The molecule has 11 nitrogen and oxygen atoms in total. The summed E-state index contributed by atoms with van der Waals surface area (Å²) in [5.41, 5.74) is 2.72. The number of rotatable bonds is 8. The van der Waals surface area contributed by atoms with Crippen LogP contribution in [0.15, 0.2) is 30.9 Å². The maximum atomic E-state index is 13.5. The van der Waals surface area contributed by atoms with E-state index in [1.165, 1.54) is 19.6 Å². The Kier molecular flexibility index (Phi) is 7.99. The molecular weight excluding hydrogens is 577 g/mol. The molecule has 2 aliphatic rings. The number of nitrogens with zero attached hydrogens (tertiary/aromatic N) is 3. The number of hydrogen-bond donors (Lipinski definition) is 3. The molecule has 4 heterocycles. The number of carbonyl (C=O) groups excluding carboxylic acids is 1. The number of fused-ring (bicyclic) bond motifs is 1. The lowest BCUT2D eigenvalue weighted by atomic mass is 9.96.